The van der Waals surface area contributed by atoms with Crippen molar-refractivity contribution in [3.63, 3.8) is 0 Å². The van der Waals surface area contributed by atoms with Gasteiger partial charge < -0.3 is 15.4 Å². The van der Waals surface area contributed by atoms with Gasteiger partial charge in [-0.3, -0.25) is 0 Å². The smallest absolute Gasteiger partial charge is 0.232 e. The lowest BCUT2D eigenvalue weighted by Crippen LogP contribution is -2.24. The van der Waals surface area contributed by atoms with Crippen molar-refractivity contribution in [1.82, 2.24) is 15.3 Å². The average Bonchev–Trinajstić information content (AvgIpc) is 2.49. The Balaban J connectivity index is 1.91. The first-order valence-electron chi connectivity index (χ1n) is 6.43. The molecule has 0 unspecified atom stereocenters. The van der Waals surface area contributed by atoms with E-state index in [1.165, 1.54) is 11.1 Å². The topological polar surface area (TPSA) is 59.1 Å². The van der Waals surface area contributed by atoms with Gasteiger partial charge in [0.1, 0.15) is 0 Å². The molecule has 20 heavy (non-hydrogen) atoms. The second kappa shape index (κ2) is 5.76. The zero-order chi connectivity index (χ0) is 13.9. The number of benzene rings is 1. The van der Waals surface area contributed by atoms with Crippen LogP contribution in [0.5, 0.6) is 5.88 Å². The molecule has 0 bridgehead atoms. The van der Waals surface area contributed by atoms with Crippen molar-refractivity contribution < 1.29 is 4.74 Å². The number of aromatic nitrogens is 2. The summed E-state index contributed by atoms with van der Waals surface area (Å²) < 4.78 is 5.93. The summed E-state index contributed by atoms with van der Waals surface area (Å²) in [5.74, 6) is 1.06. The summed E-state index contributed by atoms with van der Waals surface area (Å²) >= 11 is 3.35. The first-order chi connectivity index (χ1) is 9.78. The molecule has 2 heterocycles. The van der Waals surface area contributed by atoms with Crippen molar-refractivity contribution in [3.8, 4) is 5.88 Å². The fourth-order valence-electron chi connectivity index (χ4n) is 2.32. The van der Waals surface area contributed by atoms with Crippen LogP contribution < -0.4 is 15.4 Å². The van der Waals surface area contributed by atoms with E-state index in [0.29, 0.717) is 11.8 Å². The standard InChI is InChI=1S/C14H15BrN4O/c1-20-13-11(15)8-17-14(19-13)18-12-4-2-3-9-7-16-6-5-10(9)12/h2-4,8,16H,5-7H2,1H3,(H,17,18,19). The predicted octanol–water partition coefficient (Wildman–Crippen LogP) is 2.64. The van der Waals surface area contributed by atoms with Crippen molar-refractivity contribution in [3.05, 3.63) is 40.0 Å². The third-order valence-electron chi connectivity index (χ3n) is 3.29. The molecular formula is C14H15BrN4O. The van der Waals surface area contributed by atoms with Gasteiger partial charge in [0.05, 0.1) is 17.8 Å². The maximum atomic E-state index is 5.19. The normalized spacial score (nSPS) is 13.7. The quantitative estimate of drug-likeness (QED) is 0.903. The Morgan fingerprint density at radius 1 is 1.40 bits per heavy atom. The van der Waals surface area contributed by atoms with Crippen LogP contribution in [0.1, 0.15) is 11.1 Å². The number of anilines is 2. The van der Waals surface area contributed by atoms with E-state index < -0.39 is 0 Å². The second-order valence-corrected chi connectivity index (χ2v) is 5.40. The van der Waals surface area contributed by atoms with Crippen LogP contribution in [0.2, 0.25) is 0 Å². The van der Waals surface area contributed by atoms with Crippen LogP contribution in [0.3, 0.4) is 0 Å². The van der Waals surface area contributed by atoms with Crippen LogP contribution in [-0.2, 0) is 13.0 Å². The van der Waals surface area contributed by atoms with Crippen molar-refractivity contribution in [2.24, 2.45) is 0 Å². The van der Waals surface area contributed by atoms with Gasteiger partial charge in [0.2, 0.25) is 11.8 Å². The summed E-state index contributed by atoms with van der Waals surface area (Å²) in [7, 11) is 1.59. The Labute approximate surface area is 125 Å². The number of fused-ring (bicyclic) bond motifs is 1. The third-order valence-corrected chi connectivity index (χ3v) is 3.84. The van der Waals surface area contributed by atoms with E-state index in [2.05, 4.69) is 48.7 Å². The van der Waals surface area contributed by atoms with E-state index >= 15 is 0 Å². The fourth-order valence-corrected chi connectivity index (χ4v) is 2.68. The molecule has 0 saturated carbocycles. The number of nitrogens with zero attached hydrogens (tertiary/aromatic N) is 2. The SMILES string of the molecule is COc1nc(Nc2cccc3c2CCNC3)ncc1Br. The molecule has 2 aromatic rings. The van der Waals surface area contributed by atoms with Gasteiger partial charge >= 0.3 is 0 Å². The molecule has 0 saturated heterocycles. The number of halogens is 1. The molecule has 1 aliphatic heterocycles. The van der Waals surface area contributed by atoms with E-state index in [-0.39, 0.29) is 0 Å². The van der Waals surface area contributed by atoms with Crippen molar-refractivity contribution >= 4 is 27.6 Å². The molecule has 0 amide bonds. The number of hydrogen-bond donors (Lipinski definition) is 2. The molecule has 1 aliphatic rings. The summed E-state index contributed by atoms with van der Waals surface area (Å²) in [6.45, 7) is 1.91. The molecule has 0 aliphatic carbocycles. The minimum Gasteiger partial charge on any atom is -0.480 e. The van der Waals surface area contributed by atoms with Crippen LogP contribution in [0.4, 0.5) is 11.6 Å². The molecular weight excluding hydrogens is 320 g/mol. The maximum Gasteiger partial charge on any atom is 0.232 e. The molecule has 104 valence electrons. The first-order valence-corrected chi connectivity index (χ1v) is 7.22. The van der Waals surface area contributed by atoms with Crippen LogP contribution in [0.25, 0.3) is 0 Å². The number of hydrogen-bond acceptors (Lipinski definition) is 5. The Morgan fingerprint density at radius 2 is 2.30 bits per heavy atom. The van der Waals surface area contributed by atoms with Gasteiger partial charge in [-0.1, -0.05) is 12.1 Å². The number of rotatable bonds is 3. The monoisotopic (exact) mass is 334 g/mol. The molecule has 3 rings (SSSR count). The van der Waals surface area contributed by atoms with Gasteiger partial charge in [0.15, 0.2) is 0 Å². The zero-order valence-corrected chi connectivity index (χ0v) is 12.7. The van der Waals surface area contributed by atoms with Gasteiger partial charge in [-0.2, -0.15) is 4.98 Å². The van der Waals surface area contributed by atoms with E-state index in [9.17, 15) is 0 Å². The zero-order valence-electron chi connectivity index (χ0n) is 11.1. The lowest BCUT2D eigenvalue weighted by atomic mass is 9.99. The minimum atomic E-state index is 0.522. The molecule has 0 atom stereocenters. The first kappa shape index (κ1) is 13.3. The van der Waals surface area contributed by atoms with Crippen LogP contribution in [0.15, 0.2) is 28.9 Å². The highest BCUT2D eigenvalue weighted by Crippen LogP contribution is 2.27. The Hall–Kier alpha value is -1.66. The van der Waals surface area contributed by atoms with Crippen molar-refractivity contribution in [1.29, 1.82) is 0 Å². The highest BCUT2D eigenvalue weighted by atomic mass is 79.9. The molecule has 6 heteroatoms. The summed E-state index contributed by atoms with van der Waals surface area (Å²) in [6.07, 6.45) is 2.69. The highest BCUT2D eigenvalue weighted by molar-refractivity contribution is 9.10. The third kappa shape index (κ3) is 2.62. The Kier molecular flexibility index (Phi) is 3.84. The predicted molar refractivity (Wildman–Crippen MR) is 81.4 cm³/mol. The summed E-state index contributed by atoms with van der Waals surface area (Å²) in [6, 6.07) is 6.25. The average molecular weight is 335 g/mol. The van der Waals surface area contributed by atoms with Crippen LogP contribution >= 0.6 is 15.9 Å². The van der Waals surface area contributed by atoms with Gasteiger partial charge in [0, 0.05) is 12.2 Å². The summed E-state index contributed by atoms with van der Waals surface area (Å²) in [4.78, 5) is 8.59. The highest BCUT2D eigenvalue weighted by Gasteiger charge is 2.13. The molecule has 0 radical (unpaired) electrons. The largest absolute Gasteiger partial charge is 0.480 e. The number of ether oxygens (including phenoxy) is 1. The minimum absolute atomic E-state index is 0.522. The molecule has 2 N–H and O–H groups in total. The lowest BCUT2D eigenvalue weighted by Gasteiger charge is -2.20. The molecule has 5 nitrogen and oxygen atoms in total. The summed E-state index contributed by atoms with van der Waals surface area (Å²) in [5, 5.41) is 6.66. The molecule has 1 aromatic heterocycles. The summed E-state index contributed by atoms with van der Waals surface area (Å²) in [5.41, 5.74) is 3.72. The van der Waals surface area contributed by atoms with Crippen molar-refractivity contribution in [2.75, 3.05) is 19.0 Å². The van der Waals surface area contributed by atoms with Gasteiger partial charge in [-0.25, -0.2) is 4.98 Å². The Bertz CT molecular complexity index is 633. The van der Waals surface area contributed by atoms with Crippen molar-refractivity contribution in [2.45, 2.75) is 13.0 Å². The molecule has 1 aromatic carbocycles. The number of nitrogens with one attached hydrogen (secondary N) is 2. The van der Waals surface area contributed by atoms with Gasteiger partial charge in [0.25, 0.3) is 0 Å². The fraction of sp³-hybridized carbons (Fsp3) is 0.286. The Morgan fingerprint density at radius 3 is 3.15 bits per heavy atom. The molecule has 0 fully saturated rings. The van der Waals surface area contributed by atoms with Crippen LogP contribution in [0, 0.1) is 0 Å². The van der Waals surface area contributed by atoms with Gasteiger partial charge in [-0.05, 0) is 46.1 Å². The van der Waals surface area contributed by atoms with E-state index in [4.69, 9.17) is 4.74 Å². The van der Waals surface area contributed by atoms with Crippen LogP contribution in [-0.4, -0.2) is 23.6 Å². The van der Waals surface area contributed by atoms with E-state index in [1.54, 1.807) is 13.3 Å². The van der Waals surface area contributed by atoms with Gasteiger partial charge in [-0.15, -0.1) is 0 Å². The number of methoxy groups -OCH3 is 1. The second-order valence-electron chi connectivity index (χ2n) is 4.55. The van der Waals surface area contributed by atoms with E-state index in [1.807, 2.05) is 6.07 Å². The molecule has 0 spiro atoms. The lowest BCUT2D eigenvalue weighted by molar-refractivity contribution is 0.394. The van der Waals surface area contributed by atoms with E-state index in [0.717, 1.165) is 29.7 Å². The maximum absolute atomic E-state index is 5.19.